The molecule has 6 nitrogen and oxygen atoms in total. The highest BCUT2D eigenvalue weighted by molar-refractivity contribution is 7.92. The number of rotatable bonds is 1. The number of aromatic hydroxyl groups is 1. The Hall–Kier alpha value is -1.90. The molecule has 0 bridgehead atoms. The minimum atomic E-state index is -4.30. The van der Waals surface area contributed by atoms with E-state index in [0.717, 1.165) is 6.07 Å². The number of phenolic OH excluding ortho intramolecular Hbond substituents is 1. The van der Waals surface area contributed by atoms with Crippen molar-refractivity contribution in [1.82, 2.24) is 4.72 Å². The lowest BCUT2D eigenvalue weighted by Crippen LogP contribution is -2.30. The molecule has 1 aliphatic heterocycles. The molecule has 0 aromatic heterocycles. The fourth-order valence-corrected chi connectivity index (χ4v) is 2.77. The van der Waals surface area contributed by atoms with Crippen LogP contribution in [0.3, 0.4) is 0 Å². The van der Waals surface area contributed by atoms with Crippen molar-refractivity contribution in [3.05, 3.63) is 23.3 Å². The lowest BCUT2D eigenvalue weighted by atomic mass is 10.2. The molecule has 0 saturated carbocycles. The van der Waals surface area contributed by atoms with Gasteiger partial charge in [-0.2, -0.15) is 8.42 Å². The minimum Gasteiger partial charge on any atom is -0.506 e. The van der Waals surface area contributed by atoms with Gasteiger partial charge in [-0.1, -0.05) is 0 Å². The van der Waals surface area contributed by atoms with Crippen LogP contribution >= 0.6 is 0 Å². The van der Waals surface area contributed by atoms with Crippen LogP contribution in [-0.2, 0) is 15.0 Å². The number of nitrogens with zero attached hydrogens (tertiary/aromatic N) is 1. The van der Waals surface area contributed by atoms with Crippen LogP contribution < -0.4 is 9.03 Å². The predicted molar refractivity (Wildman–Crippen MR) is 57.2 cm³/mol. The van der Waals surface area contributed by atoms with Gasteiger partial charge in [0.1, 0.15) is 18.0 Å². The van der Waals surface area contributed by atoms with E-state index in [1.165, 1.54) is 6.92 Å². The second-order valence-electron chi connectivity index (χ2n) is 3.73. The zero-order valence-corrected chi connectivity index (χ0v) is 9.88. The molecule has 1 amide bonds. The van der Waals surface area contributed by atoms with Crippen molar-refractivity contribution in [2.24, 2.45) is 0 Å². The first-order valence-electron chi connectivity index (χ1n) is 4.75. The van der Waals surface area contributed by atoms with Crippen LogP contribution in [0.4, 0.5) is 14.5 Å². The Labute approximate surface area is 101 Å². The average Bonchev–Trinajstić information content (AvgIpc) is 2.49. The van der Waals surface area contributed by atoms with Gasteiger partial charge in [-0.15, -0.1) is 0 Å². The van der Waals surface area contributed by atoms with Crippen molar-refractivity contribution in [1.29, 1.82) is 0 Å². The van der Waals surface area contributed by atoms with Gasteiger partial charge in [-0.05, 0) is 18.6 Å². The molecule has 1 saturated heterocycles. The molecule has 0 spiro atoms. The highest BCUT2D eigenvalue weighted by atomic mass is 32.2. The van der Waals surface area contributed by atoms with Crippen LogP contribution in [0.1, 0.15) is 5.56 Å². The van der Waals surface area contributed by atoms with Gasteiger partial charge in [0.05, 0.1) is 0 Å². The Kier molecular flexibility index (Phi) is 2.65. The van der Waals surface area contributed by atoms with E-state index in [-0.39, 0.29) is 9.87 Å². The van der Waals surface area contributed by atoms with E-state index in [9.17, 15) is 27.1 Å². The molecule has 1 aromatic carbocycles. The van der Waals surface area contributed by atoms with Gasteiger partial charge >= 0.3 is 10.2 Å². The number of carbonyl (C=O) groups excluding carboxylic acids is 1. The first-order chi connectivity index (χ1) is 8.24. The van der Waals surface area contributed by atoms with Crippen molar-refractivity contribution in [2.75, 3.05) is 10.8 Å². The molecule has 1 aliphatic rings. The van der Waals surface area contributed by atoms with Crippen LogP contribution in [0.2, 0.25) is 0 Å². The van der Waals surface area contributed by atoms with Crippen LogP contribution in [0, 0.1) is 18.6 Å². The second-order valence-corrected chi connectivity index (χ2v) is 5.32. The Bertz CT molecular complexity index is 644. The number of aryl methyl sites for hydroxylation is 1. The summed E-state index contributed by atoms with van der Waals surface area (Å²) in [4.78, 5) is 11.0. The molecule has 0 radical (unpaired) electrons. The van der Waals surface area contributed by atoms with Crippen LogP contribution in [0.5, 0.6) is 5.75 Å². The number of nitrogens with one attached hydrogen (secondary N) is 1. The van der Waals surface area contributed by atoms with Gasteiger partial charge in [0.15, 0.2) is 11.6 Å². The van der Waals surface area contributed by atoms with Gasteiger partial charge in [-0.25, -0.2) is 17.8 Å². The topological polar surface area (TPSA) is 86.7 Å². The van der Waals surface area contributed by atoms with E-state index < -0.39 is 45.7 Å². The largest absolute Gasteiger partial charge is 0.506 e. The van der Waals surface area contributed by atoms with E-state index in [1.807, 2.05) is 0 Å². The number of carbonyl (C=O) groups is 1. The van der Waals surface area contributed by atoms with Crippen LogP contribution in [0.15, 0.2) is 6.07 Å². The highest BCUT2D eigenvalue weighted by Crippen LogP contribution is 2.36. The van der Waals surface area contributed by atoms with Crippen molar-refractivity contribution < 1.29 is 27.1 Å². The Balaban J connectivity index is 2.66. The number of amides is 1. The fourth-order valence-electron chi connectivity index (χ4n) is 1.61. The number of hydrogen-bond acceptors (Lipinski definition) is 4. The van der Waals surface area contributed by atoms with Crippen molar-refractivity contribution >= 4 is 21.8 Å². The quantitative estimate of drug-likeness (QED) is 0.766. The Morgan fingerprint density at radius 1 is 1.39 bits per heavy atom. The van der Waals surface area contributed by atoms with E-state index in [4.69, 9.17) is 0 Å². The van der Waals surface area contributed by atoms with Crippen LogP contribution in [0.25, 0.3) is 0 Å². The maximum absolute atomic E-state index is 13.7. The summed E-state index contributed by atoms with van der Waals surface area (Å²) in [6.45, 7) is 0.499. The third-order valence-electron chi connectivity index (χ3n) is 2.41. The molecule has 18 heavy (non-hydrogen) atoms. The van der Waals surface area contributed by atoms with E-state index in [1.54, 1.807) is 4.72 Å². The number of benzene rings is 1. The van der Waals surface area contributed by atoms with Gasteiger partial charge in [0, 0.05) is 0 Å². The third-order valence-corrected chi connectivity index (χ3v) is 3.79. The fraction of sp³-hybridized carbons (Fsp3) is 0.222. The lowest BCUT2D eigenvalue weighted by Gasteiger charge is -2.17. The lowest BCUT2D eigenvalue weighted by molar-refractivity contribution is -0.117. The molecule has 1 aromatic rings. The van der Waals surface area contributed by atoms with Crippen molar-refractivity contribution in [3.8, 4) is 5.75 Å². The summed E-state index contributed by atoms with van der Waals surface area (Å²) in [5.41, 5.74) is -1.05. The molecule has 9 heteroatoms. The SMILES string of the molecule is Cc1cc(O)c(N2CC(=O)NS2(=O)=O)c(F)c1F. The number of anilines is 1. The summed E-state index contributed by atoms with van der Waals surface area (Å²) in [5, 5.41) is 9.52. The van der Waals surface area contributed by atoms with E-state index in [2.05, 4.69) is 0 Å². The molecule has 1 heterocycles. The Morgan fingerprint density at radius 2 is 2.00 bits per heavy atom. The normalized spacial score (nSPS) is 17.9. The molecular weight excluding hydrogens is 270 g/mol. The molecule has 0 atom stereocenters. The number of hydrogen-bond donors (Lipinski definition) is 2. The molecule has 2 rings (SSSR count). The number of halogens is 2. The second kappa shape index (κ2) is 3.80. The van der Waals surface area contributed by atoms with Gasteiger partial charge < -0.3 is 5.11 Å². The maximum atomic E-state index is 13.7. The minimum absolute atomic E-state index is 0.176. The van der Waals surface area contributed by atoms with E-state index >= 15 is 0 Å². The molecule has 1 fully saturated rings. The molecular formula is C9H8F2N2O4S. The summed E-state index contributed by atoms with van der Waals surface area (Å²) >= 11 is 0. The molecule has 0 aliphatic carbocycles. The monoisotopic (exact) mass is 278 g/mol. The highest BCUT2D eigenvalue weighted by Gasteiger charge is 2.38. The van der Waals surface area contributed by atoms with Gasteiger partial charge in [0.2, 0.25) is 0 Å². The standard InChI is InChI=1S/C9H8F2N2O4S/c1-4-2-5(14)9(8(11)7(4)10)13-3-6(15)12-18(13,16)17/h2,14H,3H2,1H3,(H,12,15). The summed E-state index contributed by atoms with van der Waals surface area (Å²) < 4.78 is 51.8. The van der Waals surface area contributed by atoms with Crippen molar-refractivity contribution in [2.45, 2.75) is 6.92 Å². The average molecular weight is 278 g/mol. The molecule has 98 valence electrons. The summed E-state index contributed by atoms with van der Waals surface area (Å²) in [5.74, 6) is -4.45. The zero-order chi connectivity index (χ0) is 13.7. The van der Waals surface area contributed by atoms with Crippen molar-refractivity contribution in [3.63, 3.8) is 0 Å². The third kappa shape index (κ3) is 1.76. The summed E-state index contributed by atoms with van der Waals surface area (Å²) in [6, 6.07) is 0.881. The van der Waals surface area contributed by atoms with E-state index in [0.29, 0.717) is 0 Å². The van der Waals surface area contributed by atoms with Gasteiger partial charge in [0.25, 0.3) is 5.91 Å². The zero-order valence-electron chi connectivity index (χ0n) is 9.07. The maximum Gasteiger partial charge on any atom is 0.326 e. The van der Waals surface area contributed by atoms with Crippen LogP contribution in [-0.4, -0.2) is 26.0 Å². The summed E-state index contributed by atoms with van der Waals surface area (Å²) in [7, 11) is -4.30. The Morgan fingerprint density at radius 3 is 2.50 bits per heavy atom. The smallest absolute Gasteiger partial charge is 0.326 e. The summed E-state index contributed by atoms with van der Waals surface area (Å²) in [6.07, 6.45) is 0. The predicted octanol–water partition coefficient (Wildman–Crippen LogP) is 0.160. The first-order valence-corrected chi connectivity index (χ1v) is 6.19. The first kappa shape index (κ1) is 12.6. The van der Waals surface area contributed by atoms with Gasteiger partial charge in [-0.3, -0.25) is 4.79 Å². The number of phenols is 1. The molecule has 0 unspecified atom stereocenters. The molecule has 2 N–H and O–H groups in total.